The van der Waals surface area contributed by atoms with Gasteiger partial charge in [0.25, 0.3) is 0 Å². The summed E-state index contributed by atoms with van der Waals surface area (Å²) in [4.78, 5) is 43.4. The molecule has 8 nitrogen and oxygen atoms in total. The first-order chi connectivity index (χ1) is 17.4. The van der Waals surface area contributed by atoms with Crippen LogP contribution in [0.25, 0.3) is 0 Å². The van der Waals surface area contributed by atoms with Crippen molar-refractivity contribution in [3.05, 3.63) is 46.2 Å². The molecule has 1 aromatic carbocycles. The van der Waals surface area contributed by atoms with Crippen molar-refractivity contribution in [1.82, 2.24) is 10.2 Å². The lowest BCUT2D eigenvalue weighted by Crippen LogP contribution is -2.58. The Balaban J connectivity index is 1.37. The predicted molar refractivity (Wildman–Crippen MR) is 139 cm³/mol. The van der Waals surface area contributed by atoms with E-state index in [0.717, 1.165) is 42.9 Å². The predicted octanol–water partition coefficient (Wildman–Crippen LogP) is 4.35. The van der Waals surface area contributed by atoms with Crippen LogP contribution in [0.4, 0.5) is 16.2 Å². The Morgan fingerprint density at radius 1 is 1.11 bits per heavy atom. The highest BCUT2D eigenvalue weighted by Crippen LogP contribution is 2.49. The van der Waals surface area contributed by atoms with Gasteiger partial charge in [0.2, 0.25) is 5.91 Å². The van der Waals surface area contributed by atoms with E-state index in [4.69, 9.17) is 0 Å². The van der Waals surface area contributed by atoms with Gasteiger partial charge in [-0.1, -0.05) is 12.5 Å². The molecule has 4 aliphatic rings. The molecule has 2 amide bonds. The third kappa shape index (κ3) is 4.28. The van der Waals surface area contributed by atoms with E-state index in [2.05, 4.69) is 15.5 Å². The van der Waals surface area contributed by atoms with E-state index >= 15 is 0 Å². The molecule has 3 N–H and O–H groups in total. The van der Waals surface area contributed by atoms with Crippen LogP contribution in [0.1, 0.15) is 59.8 Å². The number of carbonyl (C=O) groups excluding carboxylic acids is 2. The Morgan fingerprint density at radius 3 is 2.58 bits per heavy atom. The van der Waals surface area contributed by atoms with E-state index in [1.165, 1.54) is 35.5 Å². The number of nitrogens with zero attached hydrogens (tertiary/aromatic N) is 2. The lowest BCUT2D eigenvalue weighted by molar-refractivity contribution is -0.117. The molecule has 1 spiro atoms. The highest BCUT2D eigenvalue weighted by Gasteiger charge is 2.45. The van der Waals surface area contributed by atoms with Crippen molar-refractivity contribution in [2.45, 2.75) is 50.6 Å². The fraction of sp³-hybridized carbons (Fsp3) is 0.519. The molecule has 2 aromatic rings. The van der Waals surface area contributed by atoms with E-state index < -0.39 is 18.2 Å². The second-order valence-corrected chi connectivity index (χ2v) is 11.7. The summed E-state index contributed by atoms with van der Waals surface area (Å²) in [6.07, 6.45) is 5.54. The summed E-state index contributed by atoms with van der Waals surface area (Å²) in [5, 5.41) is 18.4. The van der Waals surface area contributed by atoms with E-state index in [9.17, 15) is 19.5 Å². The van der Waals surface area contributed by atoms with Gasteiger partial charge < -0.3 is 20.6 Å². The van der Waals surface area contributed by atoms with Crippen LogP contribution in [0.3, 0.4) is 0 Å². The third-order valence-electron chi connectivity index (χ3n) is 8.40. The normalized spacial score (nSPS) is 25.0. The standard InChI is InChI=1S/C27H32N4O4S/c32-24(23-22(21-3-1-14-36-21)28-11-13-31(23)26(34)35)19-7-6-18(29-25(33)17-4-5-17)15-20(19)30-12-10-27(16-30)8-2-9-27/h1,3,6-7,14-15,17,22-23,28H,2,4-5,8-13,16H2,(H,29,33)(H,34,35). The average Bonchev–Trinajstić information content (AvgIpc) is 3.37. The van der Waals surface area contributed by atoms with Crippen molar-refractivity contribution in [2.75, 3.05) is 36.4 Å². The van der Waals surface area contributed by atoms with Crippen LogP contribution in [0.15, 0.2) is 35.7 Å². The monoisotopic (exact) mass is 508 g/mol. The van der Waals surface area contributed by atoms with Crippen LogP contribution < -0.4 is 15.5 Å². The molecule has 2 unspecified atom stereocenters. The first kappa shape index (κ1) is 23.5. The second kappa shape index (κ2) is 9.19. The molecule has 36 heavy (non-hydrogen) atoms. The summed E-state index contributed by atoms with van der Waals surface area (Å²) in [7, 11) is 0. The van der Waals surface area contributed by atoms with Crippen LogP contribution in [0, 0.1) is 11.3 Å². The van der Waals surface area contributed by atoms with Crippen molar-refractivity contribution in [2.24, 2.45) is 11.3 Å². The molecular weight excluding hydrogens is 476 g/mol. The fourth-order valence-electron chi connectivity index (χ4n) is 6.06. The summed E-state index contributed by atoms with van der Waals surface area (Å²) in [5.41, 5.74) is 2.35. The second-order valence-electron chi connectivity index (χ2n) is 10.8. The van der Waals surface area contributed by atoms with Crippen LogP contribution >= 0.6 is 11.3 Å². The molecule has 2 saturated carbocycles. The number of hydrogen-bond donors (Lipinski definition) is 3. The minimum absolute atomic E-state index is 0.0307. The minimum atomic E-state index is -1.08. The van der Waals surface area contributed by atoms with Gasteiger partial charge in [-0.3, -0.25) is 14.5 Å². The average molecular weight is 509 g/mol. The topological polar surface area (TPSA) is 102 Å². The summed E-state index contributed by atoms with van der Waals surface area (Å²) in [6, 6.07) is 8.11. The molecule has 2 saturated heterocycles. The first-order valence-corrected chi connectivity index (χ1v) is 13.8. The van der Waals surface area contributed by atoms with Crippen molar-refractivity contribution < 1.29 is 19.5 Å². The van der Waals surface area contributed by atoms with Crippen molar-refractivity contribution in [3.8, 4) is 0 Å². The lowest BCUT2D eigenvalue weighted by atomic mass is 9.68. The van der Waals surface area contributed by atoms with Gasteiger partial charge >= 0.3 is 6.09 Å². The number of thiophene rings is 1. The Kier molecular flexibility index (Phi) is 6.00. The third-order valence-corrected chi connectivity index (χ3v) is 9.36. The number of piperazine rings is 1. The quantitative estimate of drug-likeness (QED) is 0.502. The fourth-order valence-corrected chi connectivity index (χ4v) is 6.89. The summed E-state index contributed by atoms with van der Waals surface area (Å²) in [6.45, 7) is 2.50. The maximum absolute atomic E-state index is 14.2. The molecule has 3 heterocycles. The van der Waals surface area contributed by atoms with Crippen LogP contribution in [-0.4, -0.2) is 60.0 Å². The largest absolute Gasteiger partial charge is 0.465 e. The number of nitrogens with one attached hydrogen (secondary N) is 2. The Labute approximate surface area is 214 Å². The molecule has 0 bridgehead atoms. The van der Waals surface area contributed by atoms with Gasteiger partial charge in [0.05, 0.1) is 6.04 Å². The maximum atomic E-state index is 14.2. The Morgan fingerprint density at radius 2 is 1.94 bits per heavy atom. The van der Waals surface area contributed by atoms with Gasteiger partial charge in [-0.05, 0) is 67.2 Å². The zero-order valence-electron chi connectivity index (χ0n) is 20.2. The minimum Gasteiger partial charge on any atom is -0.465 e. The van der Waals surface area contributed by atoms with Gasteiger partial charge in [0.15, 0.2) is 5.78 Å². The van der Waals surface area contributed by atoms with E-state index in [1.807, 2.05) is 23.6 Å². The number of amides is 2. The van der Waals surface area contributed by atoms with Gasteiger partial charge in [-0.2, -0.15) is 0 Å². The number of carbonyl (C=O) groups is 3. The number of benzene rings is 1. The molecule has 2 aliphatic carbocycles. The molecule has 2 aliphatic heterocycles. The van der Waals surface area contributed by atoms with Crippen LogP contribution in [-0.2, 0) is 4.79 Å². The maximum Gasteiger partial charge on any atom is 0.408 e. The van der Waals surface area contributed by atoms with E-state index in [-0.39, 0.29) is 24.2 Å². The van der Waals surface area contributed by atoms with Crippen molar-refractivity contribution in [3.63, 3.8) is 0 Å². The zero-order chi connectivity index (χ0) is 24.9. The van der Waals surface area contributed by atoms with Crippen molar-refractivity contribution >= 4 is 40.5 Å². The number of Topliss-reactive ketones (excluding diaryl/α,β-unsaturated/α-hetero) is 1. The number of ketones is 1. The molecule has 0 radical (unpaired) electrons. The summed E-state index contributed by atoms with van der Waals surface area (Å²) in [5.74, 6) is -0.0837. The number of carboxylic acid groups (broad SMARTS) is 1. The molecule has 4 fully saturated rings. The molecule has 1 aromatic heterocycles. The number of rotatable bonds is 6. The number of hydrogen-bond acceptors (Lipinski definition) is 6. The summed E-state index contributed by atoms with van der Waals surface area (Å²) < 4.78 is 0. The first-order valence-electron chi connectivity index (χ1n) is 12.9. The molecule has 190 valence electrons. The van der Waals surface area contributed by atoms with E-state index in [1.54, 1.807) is 12.1 Å². The molecule has 2 atom stereocenters. The van der Waals surface area contributed by atoms with Crippen LogP contribution in [0.2, 0.25) is 0 Å². The molecule has 9 heteroatoms. The van der Waals surface area contributed by atoms with E-state index in [0.29, 0.717) is 23.2 Å². The highest BCUT2D eigenvalue weighted by molar-refractivity contribution is 7.10. The smallest absolute Gasteiger partial charge is 0.408 e. The molecule has 6 rings (SSSR count). The van der Waals surface area contributed by atoms with Crippen LogP contribution in [0.5, 0.6) is 0 Å². The number of anilines is 2. The van der Waals surface area contributed by atoms with Gasteiger partial charge in [-0.15, -0.1) is 11.3 Å². The van der Waals surface area contributed by atoms with Gasteiger partial charge in [0.1, 0.15) is 6.04 Å². The Hall–Kier alpha value is -2.91. The van der Waals surface area contributed by atoms with Crippen molar-refractivity contribution in [1.29, 1.82) is 0 Å². The summed E-state index contributed by atoms with van der Waals surface area (Å²) >= 11 is 1.53. The SMILES string of the molecule is O=C(Nc1ccc(C(=O)C2C(c3cccs3)NCCN2C(=O)O)c(N2CCC3(CCC3)C2)c1)C1CC1. The van der Waals surface area contributed by atoms with Gasteiger partial charge in [0, 0.05) is 53.9 Å². The zero-order valence-corrected chi connectivity index (χ0v) is 21.1. The highest BCUT2D eigenvalue weighted by atomic mass is 32.1. The lowest BCUT2D eigenvalue weighted by Gasteiger charge is -2.40. The Bertz CT molecular complexity index is 1170. The van der Waals surface area contributed by atoms with Gasteiger partial charge in [-0.25, -0.2) is 4.79 Å². The molecular formula is C27H32N4O4S.